The third kappa shape index (κ3) is 7.94. The summed E-state index contributed by atoms with van der Waals surface area (Å²) >= 11 is 0. The first kappa shape index (κ1) is 23.5. The van der Waals surface area contributed by atoms with Crippen LogP contribution in [0.15, 0.2) is 29.3 Å². The van der Waals surface area contributed by atoms with E-state index in [9.17, 15) is 4.79 Å². The van der Waals surface area contributed by atoms with Crippen LogP contribution in [0.4, 0.5) is 0 Å². The normalized spacial score (nSPS) is 17.9. The molecule has 1 fully saturated rings. The highest BCUT2D eigenvalue weighted by molar-refractivity contribution is 14.0. The van der Waals surface area contributed by atoms with E-state index in [-0.39, 0.29) is 42.0 Å². The number of hydrogen-bond acceptors (Lipinski definition) is 3. The molecule has 1 aliphatic heterocycles. The predicted molar refractivity (Wildman–Crippen MR) is 121 cm³/mol. The monoisotopic (exact) mass is 488 g/mol. The molecule has 0 bridgehead atoms. The lowest BCUT2D eigenvalue weighted by molar-refractivity contribution is -0.129. The molecule has 6 nitrogen and oxygen atoms in total. The largest absolute Gasteiger partial charge is 0.489 e. The van der Waals surface area contributed by atoms with Crippen molar-refractivity contribution in [1.29, 1.82) is 0 Å². The fourth-order valence-corrected chi connectivity index (χ4v) is 3.02. The number of nitrogens with one attached hydrogen (secondary N) is 2. The van der Waals surface area contributed by atoms with Crippen molar-refractivity contribution in [3.8, 4) is 5.75 Å². The Morgan fingerprint density at radius 1 is 1.41 bits per heavy atom. The van der Waals surface area contributed by atoms with Crippen molar-refractivity contribution < 1.29 is 9.53 Å². The van der Waals surface area contributed by atoms with Crippen LogP contribution in [0.5, 0.6) is 5.75 Å². The molecule has 0 aromatic heterocycles. The summed E-state index contributed by atoms with van der Waals surface area (Å²) in [5.74, 6) is 1.87. The standard InChI is InChI=1S/C20H32N4O2.HI/c1-5-19(25)24-11-10-17(14-24)23-20(21-6-2)22-13-16(4)26-18-9-7-8-15(3)12-18;/h7-9,12,16-17H,5-6,10-11,13-14H2,1-4H3,(H2,21,22,23);1H. The number of aryl methyl sites for hydroxylation is 1. The van der Waals surface area contributed by atoms with E-state index in [1.54, 1.807) is 0 Å². The van der Waals surface area contributed by atoms with Crippen molar-refractivity contribution in [2.24, 2.45) is 4.99 Å². The molecule has 1 amide bonds. The van der Waals surface area contributed by atoms with Crippen LogP contribution in [-0.4, -0.2) is 55.1 Å². The Kier molecular flexibility index (Phi) is 10.5. The number of benzene rings is 1. The van der Waals surface area contributed by atoms with E-state index < -0.39 is 0 Å². The molecule has 2 atom stereocenters. The van der Waals surface area contributed by atoms with Crippen LogP contribution in [0, 0.1) is 6.92 Å². The summed E-state index contributed by atoms with van der Waals surface area (Å²) in [4.78, 5) is 18.4. The first-order chi connectivity index (χ1) is 12.5. The summed E-state index contributed by atoms with van der Waals surface area (Å²) in [6, 6.07) is 8.29. The zero-order chi connectivity index (χ0) is 18.9. The number of hydrogen-bond donors (Lipinski definition) is 2. The lowest BCUT2D eigenvalue weighted by atomic mass is 10.2. The van der Waals surface area contributed by atoms with Crippen LogP contribution in [0.1, 0.15) is 39.2 Å². The minimum absolute atomic E-state index is 0. The number of likely N-dealkylation sites (tertiary alicyclic amines) is 1. The maximum absolute atomic E-state index is 11.8. The van der Waals surface area contributed by atoms with Gasteiger partial charge in [0.25, 0.3) is 0 Å². The average Bonchev–Trinajstić information content (AvgIpc) is 3.08. The third-order valence-corrected chi connectivity index (χ3v) is 4.36. The number of carbonyl (C=O) groups excluding carboxylic acids is 1. The number of halogens is 1. The predicted octanol–water partition coefficient (Wildman–Crippen LogP) is 2.95. The maximum atomic E-state index is 11.8. The first-order valence-electron chi connectivity index (χ1n) is 9.57. The number of aliphatic imine (C=N–C) groups is 1. The molecule has 0 aliphatic carbocycles. The number of nitrogens with zero attached hydrogens (tertiary/aromatic N) is 2. The number of rotatable bonds is 7. The van der Waals surface area contributed by atoms with Crippen molar-refractivity contribution in [2.45, 2.75) is 52.7 Å². The van der Waals surface area contributed by atoms with Gasteiger partial charge >= 0.3 is 0 Å². The van der Waals surface area contributed by atoms with Gasteiger partial charge in [0.2, 0.25) is 5.91 Å². The smallest absolute Gasteiger partial charge is 0.222 e. The lowest BCUT2D eigenvalue weighted by Crippen LogP contribution is -2.45. The van der Waals surface area contributed by atoms with Gasteiger partial charge in [0, 0.05) is 32.1 Å². The maximum Gasteiger partial charge on any atom is 0.222 e. The zero-order valence-electron chi connectivity index (χ0n) is 16.8. The first-order valence-corrected chi connectivity index (χ1v) is 9.57. The molecular weight excluding hydrogens is 455 g/mol. The summed E-state index contributed by atoms with van der Waals surface area (Å²) in [5, 5.41) is 6.72. The van der Waals surface area contributed by atoms with Gasteiger partial charge in [-0.15, -0.1) is 24.0 Å². The molecule has 1 aliphatic rings. The molecule has 1 heterocycles. The Bertz CT molecular complexity index is 624. The van der Waals surface area contributed by atoms with Crippen molar-refractivity contribution in [3.63, 3.8) is 0 Å². The number of ether oxygens (including phenoxy) is 1. The molecule has 27 heavy (non-hydrogen) atoms. The van der Waals surface area contributed by atoms with E-state index in [2.05, 4.69) is 28.6 Å². The van der Waals surface area contributed by atoms with Gasteiger partial charge in [-0.2, -0.15) is 0 Å². The van der Waals surface area contributed by atoms with Crippen LogP contribution in [0.25, 0.3) is 0 Å². The van der Waals surface area contributed by atoms with E-state index in [0.717, 1.165) is 37.8 Å². The van der Waals surface area contributed by atoms with Crippen LogP contribution in [0.3, 0.4) is 0 Å². The molecule has 1 aromatic rings. The fraction of sp³-hybridized carbons (Fsp3) is 0.600. The van der Waals surface area contributed by atoms with Crippen LogP contribution in [-0.2, 0) is 4.79 Å². The van der Waals surface area contributed by atoms with Gasteiger partial charge in [-0.3, -0.25) is 4.79 Å². The van der Waals surface area contributed by atoms with Gasteiger partial charge in [-0.05, 0) is 44.9 Å². The third-order valence-electron chi connectivity index (χ3n) is 4.36. The highest BCUT2D eigenvalue weighted by atomic mass is 127. The van der Waals surface area contributed by atoms with E-state index in [1.807, 2.05) is 43.9 Å². The molecule has 7 heteroatoms. The average molecular weight is 488 g/mol. The van der Waals surface area contributed by atoms with Crippen molar-refractivity contribution in [2.75, 3.05) is 26.2 Å². The van der Waals surface area contributed by atoms with Gasteiger partial charge in [-0.1, -0.05) is 19.1 Å². The number of amides is 1. The SMILES string of the molecule is CCNC(=NCC(C)Oc1cccc(C)c1)NC1CCN(C(=O)CC)C1.I. The van der Waals surface area contributed by atoms with E-state index >= 15 is 0 Å². The Hall–Kier alpha value is -1.51. The van der Waals surface area contributed by atoms with Gasteiger partial charge < -0.3 is 20.3 Å². The summed E-state index contributed by atoms with van der Waals surface area (Å²) in [5.41, 5.74) is 1.18. The molecule has 1 saturated heterocycles. The molecule has 0 saturated carbocycles. The number of guanidine groups is 1. The van der Waals surface area contributed by atoms with Crippen LogP contribution in [0.2, 0.25) is 0 Å². The molecular formula is C20H33IN4O2. The Labute approximate surface area is 180 Å². The number of carbonyl (C=O) groups is 1. The van der Waals surface area contributed by atoms with Crippen molar-refractivity contribution in [1.82, 2.24) is 15.5 Å². The van der Waals surface area contributed by atoms with Crippen molar-refractivity contribution in [3.05, 3.63) is 29.8 Å². The fourth-order valence-electron chi connectivity index (χ4n) is 3.02. The molecule has 0 spiro atoms. The van der Waals surface area contributed by atoms with Gasteiger partial charge in [0.1, 0.15) is 11.9 Å². The van der Waals surface area contributed by atoms with E-state index in [4.69, 9.17) is 4.74 Å². The molecule has 2 N–H and O–H groups in total. The molecule has 2 rings (SSSR count). The molecule has 1 aromatic carbocycles. The van der Waals surface area contributed by atoms with Gasteiger partial charge in [0.15, 0.2) is 5.96 Å². The van der Waals surface area contributed by atoms with Crippen molar-refractivity contribution >= 4 is 35.8 Å². The zero-order valence-corrected chi connectivity index (χ0v) is 19.2. The second-order valence-corrected chi connectivity index (χ2v) is 6.79. The van der Waals surface area contributed by atoms with E-state index in [0.29, 0.717) is 13.0 Å². The lowest BCUT2D eigenvalue weighted by Gasteiger charge is -2.19. The topological polar surface area (TPSA) is 66.0 Å². The summed E-state index contributed by atoms with van der Waals surface area (Å²) in [6.07, 6.45) is 1.49. The summed E-state index contributed by atoms with van der Waals surface area (Å²) in [6.45, 7) is 10.9. The van der Waals surface area contributed by atoms with Gasteiger partial charge in [0.05, 0.1) is 6.54 Å². The Morgan fingerprint density at radius 2 is 2.19 bits per heavy atom. The van der Waals surface area contributed by atoms with Crippen LogP contribution < -0.4 is 15.4 Å². The Morgan fingerprint density at radius 3 is 2.85 bits per heavy atom. The molecule has 2 unspecified atom stereocenters. The molecule has 0 radical (unpaired) electrons. The quantitative estimate of drug-likeness (QED) is 0.352. The minimum atomic E-state index is -0.0194. The van der Waals surface area contributed by atoms with E-state index in [1.165, 1.54) is 5.56 Å². The second kappa shape index (κ2) is 12.0. The highest BCUT2D eigenvalue weighted by Gasteiger charge is 2.25. The second-order valence-electron chi connectivity index (χ2n) is 6.79. The minimum Gasteiger partial charge on any atom is -0.489 e. The van der Waals surface area contributed by atoms with Gasteiger partial charge in [-0.25, -0.2) is 4.99 Å². The Balaban J connectivity index is 0.00000364. The highest BCUT2D eigenvalue weighted by Crippen LogP contribution is 2.14. The summed E-state index contributed by atoms with van der Waals surface area (Å²) < 4.78 is 5.94. The summed E-state index contributed by atoms with van der Waals surface area (Å²) in [7, 11) is 0. The molecule has 152 valence electrons. The van der Waals surface area contributed by atoms with Crippen LogP contribution >= 0.6 is 24.0 Å².